The molecular formula is C11H17NS. The van der Waals surface area contributed by atoms with Crippen LogP contribution in [-0.4, -0.2) is 5.54 Å². The lowest BCUT2D eigenvalue weighted by molar-refractivity contribution is 0.464. The number of thiophene rings is 1. The summed E-state index contributed by atoms with van der Waals surface area (Å²) in [6.07, 6.45) is 3.46. The fourth-order valence-corrected chi connectivity index (χ4v) is 2.68. The third kappa shape index (κ3) is 1.65. The first-order valence-corrected chi connectivity index (χ1v) is 5.78. The topological polar surface area (TPSA) is 26.0 Å². The van der Waals surface area contributed by atoms with Crippen molar-refractivity contribution in [1.29, 1.82) is 0 Å². The summed E-state index contributed by atoms with van der Waals surface area (Å²) in [7, 11) is 0. The molecule has 2 heteroatoms. The van der Waals surface area contributed by atoms with E-state index in [2.05, 4.69) is 30.7 Å². The SMILES string of the molecule is CC1(C)CC1(N)CCc1ccsc1. The quantitative estimate of drug-likeness (QED) is 0.788. The average Bonchev–Trinajstić information content (AvgIpc) is 2.53. The maximum absolute atomic E-state index is 6.24. The monoisotopic (exact) mass is 195 g/mol. The van der Waals surface area contributed by atoms with Gasteiger partial charge in [-0.3, -0.25) is 0 Å². The lowest BCUT2D eigenvalue weighted by Gasteiger charge is -2.13. The first-order valence-electron chi connectivity index (χ1n) is 4.83. The van der Waals surface area contributed by atoms with Gasteiger partial charge in [0.05, 0.1) is 0 Å². The molecule has 1 atom stereocenters. The van der Waals surface area contributed by atoms with Crippen molar-refractivity contribution in [2.45, 2.75) is 38.6 Å². The lowest BCUT2D eigenvalue weighted by atomic mass is 9.99. The van der Waals surface area contributed by atoms with Crippen LogP contribution < -0.4 is 5.73 Å². The standard InChI is InChI=1S/C11H17NS/c1-10(2)8-11(10,12)5-3-9-4-6-13-7-9/h4,6-7H,3,5,8,12H2,1-2H3. The second kappa shape index (κ2) is 2.82. The average molecular weight is 195 g/mol. The molecule has 0 radical (unpaired) electrons. The van der Waals surface area contributed by atoms with Crippen LogP contribution in [0.1, 0.15) is 32.3 Å². The first-order chi connectivity index (χ1) is 6.04. The molecule has 1 aliphatic rings. The minimum atomic E-state index is 0.120. The van der Waals surface area contributed by atoms with Crippen LogP contribution in [0.3, 0.4) is 0 Å². The van der Waals surface area contributed by atoms with Gasteiger partial charge in [0.25, 0.3) is 0 Å². The van der Waals surface area contributed by atoms with Gasteiger partial charge in [0.1, 0.15) is 0 Å². The molecule has 1 aromatic heterocycles. The summed E-state index contributed by atoms with van der Waals surface area (Å²) < 4.78 is 0. The van der Waals surface area contributed by atoms with E-state index in [1.807, 2.05) is 0 Å². The van der Waals surface area contributed by atoms with Crippen molar-refractivity contribution in [2.24, 2.45) is 11.1 Å². The van der Waals surface area contributed by atoms with Crippen LogP contribution in [-0.2, 0) is 6.42 Å². The van der Waals surface area contributed by atoms with Crippen LogP contribution in [0.25, 0.3) is 0 Å². The molecule has 1 nitrogen and oxygen atoms in total. The molecule has 1 fully saturated rings. The Morgan fingerprint density at radius 1 is 1.54 bits per heavy atom. The number of nitrogens with two attached hydrogens (primary N) is 1. The van der Waals surface area contributed by atoms with Crippen molar-refractivity contribution >= 4 is 11.3 Å². The Hall–Kier alpha value is -0.340. The summed E-state index contributed by atoms with van der Waals surface area (Å²) in [6.45, 7) is 4.53. The minimum Gasteiger partial charge on any atom is -0.325 e. The molecule has 2 rings (SSSR count). The zero-order valence-electron chi connectivity index (χ0n) is 8.34. The van der Waals surface area contributed by atoms with Crippen molar-refractivity contribution in [3.8, 4) is 0 Å². The maximum Gasteiger partial charge on any atom is 0.0215 e. The van der Waals surface area contributed by atoms with Crippen molar-refractivity contribution in [3.05, 3.63) is 22.4 Å². The lowest BCUT2D eigenvalue weighted by Crippen LogP contribution is -2.28. The Morgan fingerprint density at radius 3 is 2.69 bits per heavy atom. The Bertz CT molecular complexity index is 289. The number of aryl methyl sites for hydroxylation is 1. The Labute approximate surface area is 84.0 Å². The molecule has 72 valence electrons. The predicted octanol–water partition coefficient (Wildman–Crippen LogP) is 2.81. The summed E-state index contributed by atoms with van der Waals surface area (Å²) in [4.78, 5) is 0. The highest BCUT2D eigenvalue weighted by Crippen LogP contribution is 2.55. The molecule has 0 saturated heterocycles. The largest absolute Gasteiger partial charge is 0.325 e. The van der Waals surface area contributed by atoms with Crippen LogP contribution in [0.5, 0.6) is 0 Å². The van der Waals surface area contributed by atoms with Crippen LogP contribution in [0.15, 0.2) is 16.8 Å². The Kier molecular flexibility index (Phi) is 2.00. The van der Waals surface area contributed by atoms with Gasteiger partial charge in [-0.05, 0) is 47.1 Å². The second-order valence-electron chi connectivity index (χ2n) is 4.85. The van der Waals surface area contributed by atoms with E-state index >= 15 is 0 Å². The predicted molar refractivity (Wildman–Crippen MR) is 58.0 cm³/mol. The molecule has 1 unspecified atom stereocenters. The van der Waals surface area contributed by atoms with E-state index in [1.54, 1.807) is 11.3 Å². The number of rotatable bonds is 3. The fourth-order valence-electron chi connectivity index (χ4n) is 1.97. The number of hydrogen-bond acceptors (Lipinski definition) is 2. The molecule has 0 aliphatic heterocycles. The fraction of sp³-hybridized carbons (Fsp3) is 0.636. The molecule has 13 heavy (non-hydrogen) atoms. The maximum atomic E-state index is 6.24. The summed E-state index contributed by atoms with van der Waals surface area (Å²) in [5.74, 6) is 0. The van der Waals surface area contributed by atoms with Crippen molar-refractivity contribution < 1.29 is 0 Å². The van der Waals surface area contributed by atoms with Crippen LogP contribution in [0.4, 0.5) is 0 Å². The van der Waals surface area contributed by atoms with Gasteiger partial charge in [0.2, 0.25) is 0 Å². The zero-order valence-corrected chi connectivity index (χ0v) is 9.16. The third-order valence-electron chi connectivity index (χ3n) is 3.42. The normalized spacial score (nSPS) is 30.4. The summed E-state index contributed by atoms with van der Waals surface area (Å²) >= 11 is 1.77. The minimum absolute atomic E-state index is 0.120. The van der Waals surface area contributed by atoms with E-state index in [4.69, 9.17) is 5.73 Å². The highest BCUT2D eigenvalue weighted by atomic mass is 32.1. The highest BCUT2D eigenvalue weighted by molar-refractivity contribution is 7.07. The molecule has 1 saturated carbocycles. The van der Waals surface area contributed by atoms with Crippen LogP contribution in [0, 0.1) is 5.41 Å². The second-order valence-corrected chi connectivity index (χ2v) is 5.63. The molecule has 2 N–H and O–H groups in total. The summed E-state index contributed by atoms with van der Waals surface area (Å²) in [5.41, 5.74) is 8.18. The van der Waals surface area contributed by atoms with Gasteiger partial charge in [-0.1, -0.05) is 13.8 Å². The molecule has 0 amide bonds. The van der Waals surface area contributed by atoms with Crippen molar-refractivity contribution in [1.82, 2.24) is 0 Å². The van der Waals surface area contributed by atoms with E-state index < -0.39 is 0 Å². The smallest absolute Gasteiger partial charge is 0.0215 e. The van der Waals surface area contributed by atoms with E-state index in [0.29, 0.717) is 5.41 Å². The van der Waals surface area contributed by atoms with E-state index in [1.165, 1.54) is 12.0 Å². The molecule has 0 spiro atoms. The summed E-state index contributed by atoms with van der Waals surface area (Å²) in [6, 6.07) is 2.20. The van der Waals surface area contributed by atoms with Gasteiger partial charge in [0, 0.05) is 5.54 Å². The summed E-state index contributed by atoms with van der Waals surface area (Å²) in [5, 5.41) is 4.36. The van der Waals surface area contributed by atoms with Crippen LogP contribution >= 0.6 is 11.3 Å². The van der Waals surface area contributed by atoms with Gasteiger partial charge in [-0.25, -0.2) is 0 Å². The van der Waals surface area contributed by atoms with Gasteiger partial charge >= 0.3 is 0 Å². The Balaban J connectivity index is 1.88. The molecule has 1 aliphatic carbocycles. The highest BCUT2D eigenvalue weighted by Gasteiger charge is 2.57. The van der Waals surface area contributed by atoms with E-state index in [0.717, 1.165) is 12.8 Å². The van der Waals surface area contributed by atoms with Crippen molar-refractivity contribution in [2.75, 3.05) is 0 Å². The van der Waals surface area contributed by atoms with Crippen LogP contribution in [0.2, 0.25) is 0 Å². The molecule has 1 heterocycles. The first kappa shape index (κ1) is 9.22. The molecular weight excluding hydrogens is 178 g/mol. The Morgan fingerprint density at radius 2 is 2.23 bits per heavy atom. The zero-order chi connectivity index (χ0) is 9.53. The molecule has 0 aromatic carbocycles. The van der Waals surface area contributed by atoms with E-state index in [9.17, 15) is 0 Å². The van der Waals surface area contributed by atoms with Gasteiger partial charge in [-0.15, -0.1) is 0 Å². The molecule has 0 bridgehead atoms. The van der Waals surface area contributed by atoms with Gasteiger partial charge < -0.3 is 5.73 Å². The molecule has 1 aromatic rings. The van der Waals surface area contributed by atoms with Gasteiger partial charge in [-0.2, -0.15) is 11.3 Å². The van der Waals surface area contributed by atoms with Crippen molar-refractivity contribution in [3.63, 3.8) is 0 Å². The van der Waals surface area contributed by atoms with E-state index in [-0.39, 0.29) is 5.54 Å². The number of hydrogen-bond donors (Lipinski definition) is 1. The van der Waals surface area contributed by atoms with Gasteiger partial charge in [0.15, 0.2) is 0 Å². The third-order valence-corrected chi connectivity index (χ3v) is 4.15.